The van der Waals surface area contributed by atoms with Crippen molar-refractivity contribution in [3.8, 4) is 11.4 Å². The van der Waals surface area contributed by atoms with E-state index in [9.17, 15) is 10.2 Å². The van der Waals surface area contributed by atoms with E-state index >= 15 is 0 Å². The molecular weight excluding hydrogens is 370 g/mol. The van der Waals surface area contributed by atoms with Gasteiger partial charge in [0.1, 0.15) is 23.4 Å². The molecule has 9 heteroatoms. The highest BCUT2D eigenvalue weighted by Gasteiger charge is 2.27. The molecular formula is C20H21N7O2. The van der Waals surface area contributed by atoms with Crippen LogP contribution in [0.15, 0.2) is 55.1 Å². The van der Waals surface area contributed by atoms with Crippen molar-refractivity contribution in [1.29, 1.82) is 0 Å². The fourth-order valence-corrected chi connectivity index (χ4v) is 3.70. The van der Waals surface area contributed by atoms with Crippen LogP contribution in [-0.2, 0) is 0 Å². The zero-order valence-electron chi connectivity index (χ0n) is 15.7. The molecule has 1 aliphatic rings. The summed E-state index contributed by atoms with van der Waals surface area (Å²) in [5.74, 6) is 2.11. The van der Waals surface area contributed by atoms with Gasteiger partial charge in [-0.1, -0.05) is 0 Å². The van der Waals surface area contributed by atoms with E-state index in [2.05, 4.69) is 20.3 Å². The number of nitrogens with zero attached hydrogens (tertiary/aromatic N) is 6. The number of hydrogen-bond donors (Lipinski definition) is 3. The molecule has 1 atom stereocenters. The Balaban J connectivity index is 1.47. The fraction of sp³-hybridized carbons (Fsp3) is 0.250. The topological polar surface area (TPSA) is 104 Å². The van der Waals surface area contributed by atoms with Crippen molar-refractivity contribution in [1.82, 2.24) is 24.1 Å². The van der Waals surface area contributed by atoms with Crippen molar-refractivity contribution in [2.24, 2.45) is 0 Å². The molecule has 4 aromatic rings. The van der Waals surface area contributed by atoms with Gasteiger partial charge in [-0.05, 0) is 49.2 Å². The Morgan fingerprint density at radius 1 is 1.17 bits per heavy atom. The van der Waals surface area contributed by atoms with E-state index in [1.54, 1.807) is 23.0 Å². The number of anilines is 3. The summed E-state index contributed by atoms with van der Waals surface area (Å²) in [6, 6.07) is 10.8. The molecule has 9 nitrogen and oxygen atoms in total. The Morgan fingerprint density at radius 2 is 2.03 bits per heavy atom. The molecule has 0 amide bonds. The Labute approximate surface area is 166 Å². The predicted molar refractivity (Wildman–Crippen MR) is 109 cm³/mol. The van der Waals surface area contributed by atoms with Crippen LogP contribution in [0.4, 0.5) is 17.6 Å². The van der Waals surface area contributed by atoms with Gasteiger partial charge in [0, 0.05) is 18.4 Å². The van der Waals surface area contributed by atoms with E-state index in [0.717, 1.165) is 30.6 Å². The van der Waals surface area contributed by atoms with Crippen LogP contribution in [0.25, 0.3) is 11.2 Å². The van der Waals surface area contributed by atoms with Crippen LogP contribution in [0.2, 0.25) is 0 Å². The van der Waals surface area contributed by atoms with Gasteiger partial charge >= 0.3 is 0 Å². The summed E-state index contributed by atoms with van der Waals surface area (Å²) in [7, 11) is 0. The number of aliphatic hydroxyl groups is 1. The summed E-state index contributed by atoms with van der Waals surface area (Å²) < 4.78 is 3.65. The van der Waals surface area contributed by atoms with E-state index in [4.69, 9.17) is 4.98 Å². The van der Waals surface area contributed by atoms with Crippen molar-refractivity contribution in [3.05, 3.63) is 55.1 Å². The average molecular weight is 391 g/mol. The summed E-state index contributed by atoms with van der Waals surface area (Å²) in [4.78, 5) is 11.2. The highest BCUT2D eigenvalue weighted by molar-refractivity contribution is 5.73. The Bertz CT molecular complexity index is 1140. The molecule has 0 aliphatic carbocycles. The van der Waals surface area contributed by atoms with E-state index < -0.39 is 0 Å². The molecule has 29 heavy (non-hydrogen) atoms. The number of aliphatic hydroxyl groups excluding tert-OH is 1. The van der Waals surface area contributed by atoms with Crippen LogP contribution in [0.5, 0.6) is 5.75 Å². The predicted octanol–water partition coefficient (Wildman–Crippen LogP) is 2.33. The molecule has 1 unspecified atom stereocenters. The minimum atomic E-state index is 0.0459. The molecule has 0 radical (unpaired) electrons. The first kappa shape index (κ1) is 17.5. The van der Waals surface area contributed by atoms with Gasteiger partial charge in [0.2, 0.25) is 5.95 Å². The summed E-state index contributed by atoms with van der Waals surface area (Å²) in [6.07, 6.45) is 7.39. The average Bonchev–Trinajstić information content (AvgIpc) is 3.48. The number of aromatic hydroxyl groups is 1. The van der Waals surface area contributed by atoms with E-state index in [1.807, 2.05) is 41.2 Å². The van der Waals surface area contributed by atoms with Crippen LogP contribution in [0, 0.1) is 0 Å². The van der Waals surface area contributed by atoms with Crippen molar-refractivity contribution >= 4 is 23.1 Å². The summed E-state index contributed by atoms with van der Waals surface area (Å²) >= 11 is 0. The van der Waals surface area contributed by atoms with Gasteiger partial charge in [0.25, 0.3) is 0 Å². The van der Waals surface area contributed by atoms with Gasteiger partial charge < -0.3 is 25.0 Å². The summed E-state index contributed by atoms with van der Waals surface area (Å²) in [5.41, 5.74) is 1.73. The number of benzene rings is 1. The number of aromatic nitrogens is 5. The Kier molecular flexibility index (Phi) is 4.28. The SMILES string of the molecule is OCC1CCCN1c1nc(Nc2cn(-c3ccc(O)cc3)cn2)c2cccn2n1. The van der Waals surface area contributed by atoms with Crippen LogP contribution >= 0.6 is 0 Å². The standard InChI is InChI=1S/C20H21N7O2/c28-12-15-3-1-9-26(15)20-23-19(17-4-2-10-27(17)24-20)22-18-11-25(13-21-18)14-5-7-16(29)8-6-14/h2,4-8,10-11,13,15,28-29H,1,3,9,12H2,(H,22,23,24). The second-order valence-electron chi connectivity index (χ2n) is 7.08. The second kappa shape index (κ2) is 7.10. The van der Waals surface area contributed by atoms with Crippen LogP contribution in [-0.4, -0.2) is 53.6 Å². The summed E-state index contributed by atoms with van der Waals surface area (Å²) in [5, 5.41) is 27.0. The molecule has 3 N–H and O–H groups in total. The maximum Gasteiger partial charge on any atom is 0.245 e. The lowest BCUT2D eigenvalue weighted by molar-refractivity contribution is 0.265. The first-order valence-corrected chi connectivity index (χ1v) is 9.54. The van der Waals surface area contributed by atoms with E-state index in [0.29, 0.717) is 17.6 Å². The molecule has 1 fully saturated rings. The van der Waals surface area contributed by atoms with Gasteiger partial charge in [0.15, 0.2) is 5.82 Å². The number of fused-ring (bicyclic) bond motifs is 1. The van der Waals surface area contributed by atoms with Crippen molar-refractivity contribution in [3.63, 3.8) is 0 Å². The molecule has 4 heterocycles. The first-order valence-electron chi connectivity index (χ1n) is 9.54. The maximum atomic E-state index is 9.66. The molecule has 1 saturated heterocycles. The minimum absolute atomic E-state index is 0.0459. The van der Waals surface area contributed by atoms with Gasteiger partial charge in [0.05, 0.1) is 18.8 Å². The normalized spacial score (nSPS) is 16.6. The molecule has 5 rings (SSSR count). The molecule has 3 aromatic heterocycles. The van der Waals surface area contributed by atoms with Crippen LogP contribution < -0.4 is 10.2 Å². The van der Waals surface area contributed by atoms with Gasteiger partial charge in [-0.25, -0.2) is 9.50 Å². The Hall–Kier alpha value is -3.59. The second-order valence-corrected chi connectivity index (χ2v) is 7.08. The van der Waals surface area contributed by atoms with E-state index in [-0.39, 0.29) is 18.4 Å². The lowest BCUT2D eigenvalue weighted by atomic mass is 10.2. The molecule has 148 valence electrons. The summed E-state index contributed by atoms with van der Waals surface area (Å²) in [6.45, 7) is 0.916. The maximum absolute atomic E-state index is 9.66. The smallest absolute Gasteiger partial charge is 0.245 e. The van der Waals surface area contributed by atoms with Crippen molar-refractivity contribution in [2.45, 2.75) is 18.9 Å². The quantitative estimate of drug-likeness (QED) is 0.480. The third-order valence-electron chi connectivity index (χ3n) is 5.20. The van der Waals surface area contributed by atoms with Gasteiger partial charge in [-0.2, -0.15) is 4.98 Å². The molecule has 1 aromatic carbocycles. The zero-order valence-corrected chi connectivity index (χ0v) is 15.7. The van der Waals surface area contributed by atoms with Crippen LogP contribution in [0.3, 0.4) is 0 Å². The molecule has 0 bridgehead atoms. The Morgan fingerprint density at radius 3 is 2.86 bits per heavy atom. The van der Waals surface area contributed by atoms with Crippen LogP contribution in [0.1, 0.15) is 12.8 Å². The van der Waals surface area contributed by atoms with Crippen molar-refractivity contribution in [2.75, 3.05) is 23.4 Å². The molecule has 1 aliphatic heterocycles. The van der Waals surface area contributed by atoms with Gasteiger partial charge in [-0.3, -0.25) is 0 Å². The first-order chi connectivity index (χ1) is 14.2. The lowest BCUT2D eigenvalue weighted by Gasteiger charge is -2.23. The highest BCUT2D eigenvalue weighted by Crippen LogP contribution is 2.26. The minimum Gasteiger partial charge on any atom is -0.508 e. The van der Waals surface area contributed by atoms with E-state index in [1.165, 1.54) is 0 Å². The monoisotopic (exact) mass is 391 g/mol. The number of phenols is 1. The number of nitrogens with one attached hydrogen (secondary N) is 1. The number of imidazole rings is 1. The van der Waals surface area contributed by atoms with Crippen molar-refractivity contribution < 1.29 is 10.2 Å². The number of hydrogen-bond acceptors (Lipinski definition) is 7. The largest absolute Gasteiger partial charge is 0.508 e. The number of rotatable bonds is 5. The number of phenolic OH excluding ortho intramolecular Hbond substituents is 1. The fourth-order valence-electron chi connectivity index (χ4n) is 3.70. The molecule has 0 saturated carbocycles. The highest BCUT2D eigenvalue weighted by atomic mass is 16.3. The zero-order chi connectivity index (χ0) is 19.8. The third-order valence-corrected chi connectivity index (χ3v) is 5.20. The van der Waals surface area contributed by atoms with Gasteiger partial charge in [-0.15, -0.1) is 5.10 Å². The lowest BCUT2D eigenvalue weighted by Crippen LogP contribution is -2.34. The molecule has 0 spiro atoms. The third kappa shape index (κ3) is 3.25.